The van der Waals surface area contributed by atoms with Gasteiger partial charge < -0.3 is 55.2 Å². The van der Waals surface area contributed by atoms with Crippen LogP contribution in [0.15, 0.2) is 0 Å². The Kier molecular flexibility index (Phi) is 17.0. The van der Waals surface area contributed by atoms with Crippen molar-refractivity contribution in [3.05, 3.63) is 0 Å². The molecule has 2 saturated heterocycles. The monoisotopic (exact) mass is 785 g/mol. The van der Waals surface area contributed by atoms with Crippen molar-refractivity contribution in [2.24, 2.45) is 11.8 Å². The molecule has 0 aromatic heterocycles. The van der Waals surface area contributed by atoms with Crippen molar-refractivity contribution in [1.29, 1.82) is 0 Å². The van der Waals surface area contributed by atoms with E-state index in [2.05, 4.69) is 10.6 Å². The first-order valence-electron chi connectivity index (χ1n) is 18.2. The van der Waals surface area contributed by atoms with Gasteiger partial charge in [0, 0.05) is 33.6 Å². The molecule has 8 atom stereocenters. The molecule has 20 nitrogen and oxygen atoms in total. The Bertz CT molecular complexity index is 1470. The van der Waals surface area contributed by atoms with Gasteiger partial charge in [-0.15, -0.1) is 0 Å². The number of esters is 2. The summed E-state index contributed by atoms with van der Waals surface area (Å²) in [6.45, 7) is 7.34. The number of aliphatic hydroxyl groups excluding tert-OH is 1. The second-order valence-electron chi connectivity index (χ2n) is 14.5. The molecule has 0 aromatic rings. The van der Waals surface area contributed by atoms with Crippen molar-refractivity contribution in [1.82, 2.24) is 25.3 Å². The molecule has 20 heteroatoms. The summed E-state index contributed by atoms with van der Waals surface area (Å²) in [4.78, 5) is 120. The average Bonchev–Trinajstić information content (AvgIpc) is 3.60. The number of carboxylic acid groups (broad SMARTS) is 2. The Morgan fingerprint density at radius 2 is 1.60 bits per heavy atom. The molecule has 55 heavy (non-hydrogen) atoms. The molecule has 310 valence electrons. The van der Waals surface area contributed by atoms with Crippen molar-refractivity contribution in [2.45, 2.75) is 122 Å². The lowest BCUT2D eigenvalue weighted by Crippen LogP contribution is -2.60. The number of aliphatic carboxylic acids is 2. The van der Waals surface area contributed by atoms with Crippen LogP contribution in [-0.2, 0) is 52.6 Å². The number of cyclic esters (lactones) is 1. The maximum atomic E-state index is 14.1. The number of amides is 5. The molecule has 5 amide bonds. The summed E-state index contributed by atoms with van der Waals surface area (Å²) in [7, 11) is 2.85. The maximum Gasteiger partial charge on any atom is 0.336 e. The van der Waals surface area contributed by atoms with Crippen molar-refractivity contribution in [2.75, 3.05) is 33.8 Å². The Labute approximate surface area is 318 Å². The molecule has 8 unspecified atom stereocenters. The van der Waals surface area contributed by atoms with Crippen molar-refractivity contribution in [3.63, 3.8) is 0 Å². The first-order chi connectivity index (χ1) is 25.6. The van der Waals surface area contributed by atoms with Gasteiger partial charge in [-0.2, -0.15) is 0 Å². The zero-order valence-corrected chi connectivity index (χ0v) is 32.3. The Balaban J connectivity index is 2.45. The van der Waals surface area contributed by atoms with E-state index in [0.717, 1.165) is 4.90 Å². The number of rotatable bonds is 12. The second kappa shape index (κ2) is 20.2. The number of hydrogen-bond donors (Lipinski definition) is 6. The summed E-state index contributed by atoms with van der Waals surface area (Å²) < 4.78 is 10.3. The third kappa shape index (κ3) is 12.3. The average molecular weight is 786 g/mol. The highest BCUT2D eigenvalue weighted by Crippen LogP contribution is 2.24. The molecule has 6 N–H and O–H groups in total. The molecular weight excluding hydrogens is 730 g/mol. The molecule has 0 saturated carbocycles. The first-order valence-corrected chi connectivity index (χ1v) is 18.2. The minimum atomic E-state index is -3.01. The molecular formula is C35H55N5O15. The highest BCUT2D eigenvalue weighted by atomic mass is 16.6. The van der Waals surface area contributed by atoms with E-state index in [-0.39, 0.29) is 19.5 Å². The topological polar surface area (TPSA) is 287 Å². The largest absolute Gasteiger partial charge is 0.481 e. The fourth-order valence-corrected chi connectivity index (χ4v) is 6.36. The zero-order chi connectivity index (χ0) is 41.9. The molecule has 2 fully saturated rings. The van der Waals surface area contributed by atoms with Gasteiger partial charge >= 0.3 is 23.9 Å². The van der Waals surface area contributed by atoms with Crippen LogP contribution < -0.4 is 10.6 Å². The number of fused-ring (bicyclic) bond motifs is 1. The van der Waals surface area contributed by atoms with Gasteiger partial charge in [0.1, 0.15) is 30.8 Å². The number of carboxylic acids is 2. The van der Waals surface area contributed by atoms with E-state index in [1.54, 1.807) is 20.8 Å². The van der Waals surface area contributed by atoms with Crippen molar-refractivity contribution in [3.8, 4) is 0 Å². The lowest BCUT2D eigenvalue weighted by molar-refractivity contribution is -0.173. The minimum absolute atomic E-state index is 0.0272. The number of likely N-dealkylation sites (N-methyl/N-ethyl adjacent to an activating group) is 2. The van der Waals surface area contributed by atoms with E-state index in [0.29, 0.717) is 12.8 Å². The van der Waals surface area contributed by atoms with E-state index in [1.165, 1.54) is 30.8 Å². The molecule has 2 aliphatic heterocycles. The summed E-state index contributed by atoms with van der Waals surface area (Å²) >= 11 is 0. The van der Waals surface area contributed by atoms with Crippen LogP contribution in [0.2, 0.25) is 0 Å². The molecule has 0 radical (unpaired) electrons. The van der Waals surface area contributed by atoms with Gasteiger partial charge in [0.2, 0.25) is 23.6 Å². The lowest BCUT2D eigenvalue weighted by Gasteiger charge is -2.38. The summed E-state index contributed by atoms with van der Waals surface area (Å²) in [5.41, 5.74) is -3.01. The van der Waals surface area contributed by atoms with Crippen LogP contribution in [0.1, 0.15) is 79.6 Å². The van der Waals surface area contributed by atoms with Crippen LogP contribution in [0.5, 0.6) is 0 Å². The van der Waals surface area contributed by atoms with Gasteiger partial charge in [-0.1, -0.05) is 34.1 Å². The number of hydrogen-bond acceptors (Lipinski definition) is 13. The first kappa shape index (κ1) is 46.3. The summed E-state index contributed by atoms with van der Waals surface area (Å²) in [5.74, 6) is -10.2. The zero-order valence-electron chi connectivity index (χ0n) is 32.3. The normalized spacial score (nSPS) is 26.1. The number of carbonyl (C=O) groups is 9. The second-order valence-corrected chi connectivity index (χ2v) is 14.5. The molecule has 2 rings (SSSR count). The highest BCUT2D eigenvalue weighted by Gasteiger charge is 2.44. The van der Waals surface area contributed by atoms with Crippen LogP contribution in [0.3, 0.4) is 0 Å². The standard InChI is InChI=1S/C35H55N5O15/c1-8-19(4)27-32(49)39(7)28(18(2)3)33(50)38(6)20(5)29(46)36-12-11-25(44)55-23(31(48)40-13-9-10-22(40)30(47)37-27)14-21(41)17-54-26(45)16-35(53,34(51)52)15-24(42)43/h18-23,27-28,41,53H,8-17H2,1-7H3,(H,36,46)(H,37,47)(H,42,43)(H,51,52). The van der Waals surface area contributed by atoms with E-state index in [9.17, 15) is 58.5 Å². The number of carbonyl (C=O) groups excluding carboxylic acids is 7. The van der Waals surface area contributed by atoms with Crippen LogP contribution in [0, 0.1) is 11.8 Å². The van der Waals surface area contributed by atoms with Crippen LogP contribution in [0.25, 0.3) is 0 Å². The number of nitrogens with zero attached hydrogens (tertiary/aromatic N) is 3. The van der Waals surface area contributed by atoms with Gasteiger partial charge in [-0.05, 0) is 31.6 Å². The quantitative estimate of drug-likeness (QED) is 0.120. The van der Waals surface area contributed by atoms with Gasteiger partial charge in [0.25, 0.3) is 5.91 Å². The molecule has 0 aliphatic carbocycles. The number of nitrogens with one attached hydrogen (secondary N) is 2. The summed E-state index contributed by atoms with van der Waals surface area (Å²) in [5, 5.41) is 44.3. The van der Waals surface area contributed by atoms with Crippen LogP contribution in [-0.4, -0.2) is 164 Å². The Morgan fingerprint density at radius 3 is 2.16 bits per heavy atom. The van der Waals surface area contributed by atoms with Gasteiger partial charge in [0.15, 0.2) is 11.7 Å². The maximum absolute atomic E-state index is 14.1. The summed E-state index contributed by atoms with van der Waals surface area (Å²) in [6.07, 6.45) is -6.30. The fourth-order valence-electron chi connectivity index (χ4n) is 6.36. The van der Waals surface area contributed by atoms with Crippen molar-refractivity contribution < 1.29 is 73.1 Å². The van der Waals surface area contributed by atoms with E-state index >= 15 is 0 Å². The smallest absolute Gasteiger partial charge is 0.336 e. The summed E-state index contributed by atoms with van der Waals surface area (Å²) in [6, 6.07) is -4.32. The highest BCUT2D eigenvalue weighted by molar-refractivity contribution is 5.96. The Hall–Kier alpha value is -4.85. The SMILES string of the molecule is CCC(C)C1NC(=O)C2CCCN2C(=O)C(CC(O)COC(=O)CC(O)(CC(=O)O)C(=O)O)OC(=O)CCNC(=O)C(C)N(C)C(=O)C(C(C)C)N(C)C1=O. The van der Waals surface area contributed by atoms with Gasteiger partial charge in [-0.25, -0.2) is 4.79 Å². The minimum Gasteiger partial charge on any atom is -0.481 e. The molecule has 0 bridgehead atoms. The predicted molar refractivity (Wildman–Crippen MR) is 188 cm³/mol. The predicted octanol–water partition coefficient (Wildman–Crippen LogP) is -1.76. The molecule has 2 aliphatic rings. The molecule has 0 aromatic carbocycles. The molecule has 0 spiro atoms. The van der Waals surface area contributed by atoms with E-state index in [4.69, 9.17) is 14.6 Å². The lowest BCUT2D eigenvalue weighted by atomic mass is 9.94. The Morgan fingerprint density at radius 1 is 0.964 bits per heavy atom. The van der Waals surface area contributed by atoms with E-state index < -0.39 is 140 Å². The van der Waals surface area contributed by atoms with Gasteiger partial charge in [-0.3, -0.25) is 38.4 Å². The van der Waals surface area contributed by atoms with E-state index in [1.807, 2.05) is 6.92 Å². The third-order valence-corrected chi connectivity index (χ3v) is 9.95. The van der Waals surface area contributed by atoms with Gasteiger partial charge in [0.05, 0.1) is 25.4 Å². The van der Waals surface area contributed by atoms with Crippen molar-refractivity contribution >= 4 is 53.4 Å². The molecule has 2 heterocycles. The number of ether oxygens (including phenoxy) is 2. The van der Waals surface area contributed by atoms with Crippen LogP contribution in [0.4, 0.5) is 0 Å². The fraction of sp³-hybridized carbons (Fsp3) is 0.743. The third-order valence-electron chi connectivity index (χ3n) is 9.95. The number of aliphatic hydroxyl groups is 2. The van der Waals surface area contributed by atoms with Crippen LogP contribution >= 0.6 is 0 Å².